The number of nitrogens with zero attached hydrogens (tertiary/aromatic N) is 2. The van der Waals surface area contributed by atoms with Crippen LogP contribution < -0.4 is 5.32 Å². The fraction of sp³-hybridized carbons (Fsp3) is 0.200. The van der Waals surface area contributed by atoms with Crippen molar-refractivity contribution in [1.82, 2.24) is 9.78 Å². The molecular formula is C20H20ClN3O. The van der Waals surface area contributed by atoms with Crippen molar-refractivity contribution >= 4 is 23.2 Å². The zero-order chi connectivity index (χ0) is 18.0. The smallest absolute Gasteiger partial charge is 0.255 e. The summed E-state index contributed by atoms with van der Waals surface area (Å²) < 4.78 is 1.96. The van der Waals surface area contributed by atoms with Crippen LogP contribution in [0.15, 0.2) is 48.5 Å². The number of aromatic nitrogens is 2. The van der Waals surface area contributed by atoms with Gasteiger partial charge in [0.1, 0.15) is 0 Å². The van der Waals surface area contributed by atoms with Crippen LogP contribution in [0.1, 0.15) is 32.9 Å². The van der Waals surface area contributed by atoms with Crippen molar-refractivity contribution in [2.45, 2.75) is 27.3 Å². The molecule has 0 saturated heterocycles. The van der Waals surface area contributed by atoms with E-state index in [1.54, 1.807) is 12.1 Å². The van der Waals surface area contributed by atoms with Gasteiger partial charge in [-0.05, 0) is 62.2 Å². The van der Waals surface area contributed by atoms with Gasteiger partial charge in [-0.25, -0.2) is 0 Å². The number of carbonyl (C=O) groups is 1. The summed E-state index contributed by atoms with van der Waals surface area (Å²) >= 11 is 6.00. The first kappa shape index (κ1) is 17.2. The Bertz CT molecular complexity index is 913. The molecule has 3 aromatic rings. The molecule has 25 heavy (non-hydrogen) atoms. The van der Waals surface area contributed by atoms with E-state index in [0.717, 1.165) is 28.2 Å². The van der Waals surface area contributed by atoms with Crippen LogP contribution in [-0.2, 0) is 6.54 Å². The monoisotopic (exact) mass is 353 g/mol. The van der Waals surface area contributed by atoms with Crippen LogP contribution >= 0.6 is 11.6 Å². The van der Waals surface area contributed by atoms with E-state index >= 15 is 0 Å². The molecule has 128 valence electrons. The maximum atomic E-state index is 12.4. The lowest BCUT2D eigenvalue weighted by Crippen LogP contribution is -2.13. The van der Waals surface area contributed by atoms with E-state index in [2.05, 4.69) is 16.5 Å². The fourth-order valence-corrected chi connectivity index (χ4v) is 2.86. The second-order valence-corrected chi connectivity index (χ2v) is 6.63. The van der Waals surface area contributed by atoms with Crippen LogP contribution in [0.5, 0.6) is 0 Å². The van der Waals surface area contributed by atoms with E-state index in [1.807, 2.05) is 55.8 Å². The van der Waals surface area contributed by atoms with E-state index in [9.17, 15) is 4.79 Å². The van der Waals surface area contributed by atoms with Crippen molar-refractivity contribution in [2.75, 3.05) is 5.32 Å². The topological polar surface area (TPSA) is 46.9 Å². The Morgan fingerprint density at radius 2 is 1.80 bits per heavy atom. The summed E-state index contributed by atoms with van der Waals surface area (Å²) in [6.07, 6.45) is 0. The van der Waals surface area contributed by atoms with Crippen molar-refractivity contribution in [1.29, 1.82) is 0 Å². The first-order valence-electron chi connectivity index (χ1n) is 8.10. The highest BCUT2D eigenvalue weighted by molar-refractivity contribution is 6.31. The molecule has 0 aliphatic carbocycles. The summed E-state index contributed by atoms with van der Waals surface area (Å²) in [5.41, 5.74) is 5.53. The minimum atomic E-state index is -0.150. The van der Waals surface area contributed by atoms with Crippen molar-refractivity contribution in [3.05, 3.63) is 81.6 Å². The van der Waals surface area contributed by atoms with E-state index in [4.69, 9.17) is 11.6 Å². The lowest BCUT2D eigenvalue weighted by Gasteiger charge is -2.10. The van der Waals surface area contributed by atoms with Crippen LogP contribution in [0.25, 0.3) is 0 Å². The van der Waals surface area contributed by atoms with Gasteiger partial charge in [-0.15, -0.1) is 0 Å². The molecule has 5 heteroatoms. The van der Waals surface area contributed by atoms with Crippen LogP contribution in [-0.4, -0.2) is 15.7 Å². The fourth-order valence-electron chi connectivity index (χ4n) is 2.69. The molecule has 0 spiro atoms. The van der Waals surface area contributed by atoms with Crippen molar-refractivity contribution < 1.29 is 4.79 Å². The maximum absolute atomic E-state index is 12.4. The molecule has 0 unspecified atom stereocenters. The Labute approximate surface area is 152 Å². The van der Waals surface area contributed by atoms with Gasteiger partial charge in [-0.3, -0.25) is 9.48 Å². The number of amides is 1. The van der Waals surface area contributed by atoms with Crippen LogP contribution in [0.4, 0.5) is 5.69 Å². The molecule has 1 N–H and O–H groups in total. The summed E-state index contributed by atoms with van der Waals surface area (Å²) in [7, 11) is 0. The summed E-state index contributed by atoms with van der Waals surface area (Å²) in [5, 5.41) is 7.97. The molecule has 3 rings (SSSR count). The lowest BCUT2D eigenvalue weighted by molar-refractivity contribution is 0.102. The van der Waals surface area contributed by atoms with Gasteiger partial charge in [0.2, 0.25) is 0 Å². The third-order valence-corrected chi connectivity index (χ3v) is 4.33. The Morgan fingerprint density at radius 1 is 1.08 bits per heavy atom. The van der Waals surface area contributed by atoms with Gasteiger partial charge in [-0.1, -0.05) is 29.8 Å². The van der Waals surface area contributed by atoms with E-state index in [1.165, 1.54) is 0 Å². The molecule has 0 saturated carbocycles. The second kappa shape index (κ2) is 7.11. The highest BCUT2D eigenvalue weighted by Crippen LogP contribution is 2.21. The van der Waals surface area contributed by atoms with Gasteiger partial charge < -0.3 is 5.32 Å². The predicted molar refractivity (Wildman–Crippen MR) is 101 cm³/mol. The number of hydrogen-bond acceptors (Lipinski definition) is 2. The predicted octanol–water partition coefficient (Wildman–Crippen LogP) is 4.76. The normalized spacial score (nSPS) is 10.7. The van der Waals surface area contributed by atoms with Gasteiger partial charge in [0.15, 0.2) is 0 Å². The molecular weight excluding hydrogens is 334 g/mol. The number of nitrogens with one attached hydrogen (secondary N) is 1. The summed E-state index contributed by atoms with van der Waals surface area (Å²) in [6, 6.07) is 15.1. The first-order valence-corrected chi connectivity index (χ1v) is 8.47. The van der Waals surface area contributed by atoms with E-state index in [0.29, 0.717) is 17.1 Å². The summed E-state index contributed by atoms with van der Waals surface area (Å²) in [4.78, 5) is 12.4. The number of benzene rings is 2. The highest BCUT2D eigenvalue weighted by Gasteiger charge is 2.09. The number of carbonyl (C=O) groups excluding carboxylic acids is 1. The van der Waals surface area contributed by atoms with Gasteiger partial charge in [0.25, 0.3) is 5.91 Å². The zero-order valence-corrected chi connectivity index (χ0v) is 15.3. The molecule has 0 atom stereocenters. The molecule has 2 aromatic carbocycles. The Kier molecular flexibility index (Phi) is 4.91. The van der Waals surface area contributed by atoms with Crippen molar-refractivity contribution in [2.24, 2.45) is 0 Å². The number of halogens is 1. The summed E-state index contributed by atoms with van der Waals surface area (Å²) in [6.45, 7) is 6.64. The SMILES string of the molecule is Cc1cc(C)n(Cc2ccc(C(=O)Nc3cc(Cl)ccc3C)cc2)n1. The summed E-state index contributed by atoms with van der Waals surface area (Å²) in [5.74, 6) is -0.150. The second-order valence-electron chi connectivity index (χ2n) is 6.20. The van der Waals surface area contributed by atoms with E-state index in [-0.39, 0.29) is 5.91 Å². The molecule has 1 amide bonds. The standard InChI is InChI=1S/C20H20ClN3O/c1-13-4-9-18(21)11-19(13)22-20(25)17-7-5-16(6-8-17)12-24-15(3)10-14(2)23-24/h4-11H,12H2,1-3H3,(H,22,25). The van der Waals surface area contributed by atoms with Gasteiger partial charge in [-0.2, -0.15) is 5.10 Å². The van der Waals surface area contributed by atoms with Crippen LogP contribution in [0, 0.1) is 20.8 Å². The average molecular weight is 354 g/mol. The largest absolute Gasteiger partial charge is 0.322 e. The quantitative estimate of drug-likeness (QED) is 0.734. The maximum Gasteiger partial charge on any atom is 0.255 e. The number of anilines is 1. The van der Waals surface area contributed by atoms with Gasteiger partial charge >= 0.3 is 0 Å². The molecule has 0 fully saturated rings. The third kappa shape index (κ3) is 4.09. The third-order valence-electron chi connectivity index (χ3n) is 4.10. The molecule has 0 aliphatic heterocycles. The minimum Gasteiger partial charge on any atom is -0.322 e. The number of aryl methyl sites for hydroxylation is 3. The minimum absolute atomic E-state index is 0.150. The van der Waals surface area contributed by atoms with E-state index < -0.39 is 0 Å². The number of rotatable bonds is 4. The first-order chi connectivity index (χ1) is 11.9. The van der Waals surface area contributed by atoms with Gasteiger partial charge in [0, 0.05) is 22.0 Å². The average Bonchev–Trinajstić information content (AvgIpc) is 2.89. The molecule has 0 aliphatic rings. The molecule has 1 heterocycles. The van der Waals surface area contributed by atoms with Crippen LogP contribution in [0.2, 0.25) is 5.02 Å². The van der Waals surface area contributed by atoms with Crippen LogP contribution in [0.3, 0.4) is 0 Å². The molecule has 1 aromatic heterocycles. The molecule has 0 bridgehead atoms. The van der Waals surface area contributed by atoms with Gasteiger partial charge in [0.05, 0.1) is 12.2 Å². The molecule has 0 radical (unpaired) electrons. The number of hydrogen-bond donors (Lipinski definition) is 1. The Morgan fingerprint density at radius 3 is 2.44 bits per heavy atom. The van der Waals surface area contributed by atoms with Crippen molar-refractivity contribution in [3.63, 3.8) is 0 Å². The zero-order valence-electron chi connectivity index (χ0n) is 14.5. The highest BCUT2D eigenvalue weighted by atomic mass is 35.5. The Balaban J connectivity index is 1.72. The molecule has 4 nitrogen and oxygen atoms in total. The van der Waals surface area contributed by atoms with Crippen molar-refractivity contribution in [3.8, 4) is 0 Å². The lowest BCUT2D eigenvalue weighted by atomic mass is 10.1. The Hall–Kier alpha value is -2.59.